The first-order valence-electron chi connectivity index (χ1n) is 14.0. The molecule has 1 heterocycles. The van der Waals surface area contributed by atoms with Crippen molar-refractivity contribution in [1.82, 2.24) is 15.1 Å². The number of amides is 2. The van der Waals surface area contributed by atoms with Crippen LogP contribution < -0.4 is 10.1 Å². The fourth-order valence-corrected chi connectivity index (χ4v) is 5.71. The highest BCUT2D eigenvalue weighted by Gasteiger charge is 2.31. The van der Waals surface area contributed by atoms with E-state index in [0.29, 0.717) is 12.5 Å². The molecule has 2 aromatic rings. The molecule has 2 amide bonds. The highest BCUT2D eigenvalue weighted by atomic mass is 16.5. The Morgan fingerprint density at radius 1 is 1.03 bits per heavy atom. The van der Waals surface area contributed by atoms with E-state index in [1.165, 1.54) is 5.56 Å². The number of hydrogen-bond donors (Lipinski definition) is 1. The molecule has 2 fully saturated rings. The van der Waals surface area contributed by atoms with Crippen molar-refractivity contribution in [1.29, 1.82) is 0 Å². The van der Waals surface area contributed by atoms with Crippen molar-refractivity contribution in [3.05, 3.63) is 65.7 Å². The van der Waals surface area contributed by atoms with Crippen molar-refractivity contribution in [2.24, 2.45) is 5.92 Å². The monoisotopic (exact) mass is 505 g/mol. The second kappa shape index (κ2) is 13.1. The number of ether oxygens (including phenoxy) is 1. The summed E-state index contributed by atoms with van der Waals surface area (Å²) >= 11 is 0. The first kappa shape index (κ1) is 27.2. The van der Waals surface area contributed by atoms with Crippen LogP contribution in [0.15, 0.2) is 54.6 Å². The predicted molar refractivity (Wildman–Crippen MR) is 147 cm³/mol. The fourth-order valence-electron chi connectivity index (χ4n) is 5.71. The van der Waals surface area contributed by atoms with E-state index >= 15 is 0 Å². The number of nitrogens with zero attached hydrogens (tertiary/aromatic N) is 2. The summed E-state index contributed by atoms with van der Waals surface area (Å²) < 4.78 is 5.23. The van der Waals surface area contributed by atoms with Crippen LogP contribution >= 0.6 is 0 Å². The number of nitrogens with one attached hydrogen (secondary N) is 1. The Kier molecular flexibility index (Phi) is 9.62. The van der Waals surface area contributed by atoms with E-state index in [-0.39, 0.29) is 29.8 Å². The standard InChI is InChI=1S/C31H43N3O3/c1-4-34(30(35)22-24-13-15-28(37-3)16-14-24)27-17-19-33(20-18-27)23(2)21-29(25-9-6-5-7-10-25)32-31(36)26-11-8-12-26/h5-7,9-10,13-16,23,26-27,29H,4,8,11-12,17-22H2,1-3H3,(H,32,36)/t23?,29-/m0/s1. The van der Waals surface area contributed by atoms with E-state index in [2.05, 4.69) is 53.2 Å². The molecule has 2 aliphatic rings. The van der Waals surface area contributed by atoms with Gasteiger partial charge in [0.25, 0.3) is 0 Å². The third-order valence-corrected chi connectivity index (χ3v) is 8.31. The van der Waals surface area contributed by atoms with E-state index in [4.69, 9.17) is 4.74 Å². The number of methoxy groups -OCH3 is 1. The average molecular weight is 506 g/mol. The Balaban J connectivity index is 1.31. The molecule has 1 aliphatic heterocycles. The van der Waals surface area contributed by atoms with Gasteiger partial charge in [0.2, 0.25) is 11.8 Å². The fraction of sp³-hybridized carbons (Fsp3) is 0.548. The maximum absolute atomic E-state index is 13.1. The van der Waals surface area contributed by atoms with E-state index in [9.17, 15) is 9.59 Å². The summed E-state index contributed by atoms with van der Waals surface area (Å²) in [5.41, 5.74) is 2.20. The second-order valence-electron chi connectivity index (χ2n) is 10.7. The van der Waals surface area contributed by atoms with Gasteiger partial charge in [0.15, 0.2) is 0 Å². The topological polar surface area (TPSA) is 61.9 Å². The van der Waals surface area contributed by atoms with Crippen LogP contribution in [0, 0.1) is 5.92 Å². The second-order valence-corrected chi connectivity index (χ2v) is 10.7. The lowest BCUT2D eigenvalue weighted by Crippen LogP contribution is -2.50. The van der Waals surface area contributed by atoms with Crippen LogP contribution in [0.5, 0.6) is 5.75 Å². The van der Waals surface area contributed by atoms with Gasteiger partial charge in [-0.1, -0.05) is 48.9 Å². The number of hydrogen-bond acceptors (Lipinski definition) is 4. The van der Waals surface area contributed by atoms with Gasteiger partial charge >= 0.3 is 0 Å². The lowest BCUT2D eigenvalue weighted by molar-refractivity contribution is -0.133. The minimum Gasteiger partial charge on any atom is -0.497 e. The Bertz CT molecular complexity index is 998. The van der Waals surface area contributed by atoms with Crippen LogP contribution in [0.3, 0.4) is 0 Å². The van der Waals surface area contributed by atoms with Crippen molar-refractivity contribution < 1.29 is 14.3 Å². The maximum Gasteiger partial charge on any atom is 0.227 e. The zero-order valence-electron chi connectivity index (χ0n) is 22.7. The summed E-state index contributed by atoms with van der Waals surface area (Å²) in [6, 6.07) is 18.8. The Hall–Kier alpha value is -2.86. The molecule has 6 heteroatoms. The molecular weight excluding hydrogens is 462 g/mol. The predicted octanol–water partition coefficient (Wildman–Crippen LogP) is 4.99. The van der Waals surface area contributed by atoms with Gasteiger partial charge in [0.05, 0.1) is 19.6 Å². The third-order valence-electron chi connectivity index (χ3n) is 8.31. The molecule has 1 saturated heterocycles. The first-order chi connectivity index (χ1) is 18.0. The van der Waals surface area contributed by atoms with Gasteiger partial charge in [-0.3, -0.25) is 9.59 Å². The zero-order valence-corrected chi connectivity index (χ0v) is 22.7. The minimum atomic E-state index is 0.0280. The third kappa shape index (κ3) is 7.13. The van der Waals surface area contributed by atoms with Crippen LogP contribution in [-0.4, -0.2) is 60.4 Å². The summed E-state index contributed by atoms with van der Waals surface area (Å²) in [6.07, 6.45) is 6.47. The van der Waals surface area contributed by atoms with Crippen molar-refractivity contribution in [2.75, 3.05) is 26.7 Å². The van der Waals surface area contributed by atoms with Crippen molar-refractivity contribution in [3.63, 3.8) is 0 Å². The van der Waals surface area contributed by atoms with Crippen LogP contribution in [0.2, 0.25) is 0 Å². The maximum atomic E-state index is 13.1. The lowest BCUT2D eigenvalue weighted by atomic mass is 9.84. The van der Waals surface area contributed by atoms with Crippen LogP contribution in [-0.2, 0) is 16.0 Å². The number of carbonyl (C=O) groups is 2. The Morgan fingerprint density at radius 2 is 1.70 bits per heavy atom. The number of rotatable bonds is 11. The molecule has 6 nitrogen and oxygen atoms in total. The highest BCUT2D eigenvalue weighted by Crippen LogP contribution is 2.29. The summed E-state index contributed by atoms with van der Waals surface area (Å²) in [5.74, 6) is 1.40. The summed E-state index contributed by atoms with van der Waals surface area (Å²) in [6.45, 7) is 7.03. The average Bonchev–Trinajstić information content (AvgIpc) is 2.89. The number of carbonyl (C=O) groups excluding carboxylic acids is 2. The number of likely N-dealkylation sites (N-methyl/N-ethyl adjacent to an activating group) is 1. The van der Waals surface area contributed by atoms with Gasteiger partial charge < -0.3 is 19.9 Å². The molecule has 2 aromatic carbocycles. The first-order valence-corrected chi connectivity index (χ1v) is 14.0. The van der Waals surface area contributed by atoms with E-state index in [1.807, 2.05) is 30.3 Å². The SMILES string of the molecule is CCN(C(=O)Cc1ccc(OC)cc1)C1CCN(C(C)C[C@H](NC(=O)C2CCC2)c2ccccc2)CC1. The molecular formula is C31H43N3O3. The molecule has 0 spiro atoms. The van der Waals surface area contributed by atoms with Crippen molar-refractivity contribution in [2.45, 2.75) is 76.9 Å². The normalized spacial score (nSPS) is 18.5. The molecule has 1 aliphatic carbocycles. The smallest absolute Gasteiger partial charge is 0.227 e. The number of benzene rings is 2. The van der Waals surface area contributed by atoms with Gasteiger partial charge in [-0.15, -0.1) is 0 Å². The van der Waals surface area contributed by atoms with E-state index < -0.39 is 0 Å². The Morgan fingerprint density at radius 3 is 2.27 bits per heavy atom. The molecule has 2 atom stereocenters. The largest absolute Gasteiger partial charge is 0.497 e. The van der Waals surface area contributed by atoms with E-state index in [0.717, 1.165) is 69.5 Å². The van der Waals surface area contributed by atoms with Crippen molar-refractivity contribution in [3.8, 4) is 5.75 Å². The molecule has 0 aromatic heterocycles. The summed E-state index contributed by atoms with van der Waals surface area (Å²) in [5, 5.41) is 3.36. The molecule has 200 valence electrons. The van der Waals surface area contributed by atoms with Crippen LogP contribution in [0.25, 0.3) is 0 Å². The Labute approximate surface area is 222 Å². The summed E-state index contributed by atoms with van der Waals surface area (Å²) in [7, 11) is 1.65. The molecule has 37 heavy (non-hydrogen) atoms. The molecule has 1 unspecified atom stereocenters. The van der Waals surface area contributed by atoms with Crippen LogP contribution in [0.4, 0.5) is 0 Å². The molecule has 0 bridgehead atoms. The lowest BCUT2D eigenvalue weighted by Gasteiger charge is -2.41. The van der Waals surface area contributed by atoms with E-state index in [1.54, 1.807) is 7.11 Å². The van der Waals surface area contributed by atoms with Gasteiger partial charge in [0.1, 0.15) is 5.75 Å². The van der Waals surface area contributed by atoms with Gasteiger partial charge in [0, 0.05) is 37.6 Å². The van der Waals surface area contributed by atoms with Crippen LogP contribution in [0.1, 0.15) is 69.5 Å². The number of piperidine rings is 1. The minimum absolute atomic E-state index is 0.0280. The number of likely N-dealkylation sites (tertiary alicyclic amines) is 1. The highest BCUT2D eigenvalue weighted by molar-refractivity contribution is 5.80. The zero-order chi connectivity index (χ0) is 26.2. The van der Waals surface area contributed by atoms with Gasteiger partial charge in [-0.25, -0.2) is 0 Å². The molecule has 0 radical (unpaired) electrons. The van der Waals surface area contributed by atoms with Crippen molar-refractivity contribution >= 4 is 11.8 Å². The summed E-state index contributed by atoms with van der Waals surface area (Å²) in [4.78, 5) is 30.5. The van der Waals surface area contributed by atoms with Gasteiger partial charge in [-0.2, -0.15) is 0 Å². The molecule has 1 saturated carbocycles. The molecule has 1 N–H and O–H groups in total. The quantitative estimate of drug-likeness (QED) is 0.468. The van der Waals surface area contributed by atoms with Gasteiger partial charge in [-0.05, 0) is 69.2 Å². The molecule has 4 rings (SSSR count).